The molecule has 4 nitrogen and oxygen atoms in total. The average molecular weight is 410 g/mol. The molecule has 0 fully saturated rings. The molecule has 6 heteroatoms. The van der Waals surface area contributed by atoms with E-state index in [4.69, 9.17) is 0 Å². The maximum Gasteiger partial charge on any atom is 0.256 e. The zero-order valence-electron chi connectivity index (χ0n) is 13.5. The van der Waals surface area contributed by atoms with E-state index in [9.17, 15) is 9.18 Å². The number of hydrogen-bond donors (Lipinski definition) is 1. The highest BCUT2D eigenvalue weighted by atomic mass is 79.9. The maximum absolute atomic E-state index is 13.2. The molecule has 1 N–H and O–H groups in total. The van der Waals surface area contributed by atoms with Crippen molar-refractivity contribution in [2.45, 2.75) is 0 Å². The summed E-state index contributed by atoms with van der Waals surface area (Å²) in [5.41, 5.74) is 3.90. The summed E-state index contributed by atoms with van der Waals surface area (Å²) in [4.78, 5) is 16.7. The largest absolute Gasteiger partial charge is 0.322 e. The summed E-state index contributed by atoms with van der Waals surface area (Å²) < 4.78 is 15.6. The van der Waals surface area contributed by atoms with Crippen molar-refractivity contribution in [1.82, 2.24) is 9.55 Å². The van der Waals surface area contributed by atoms with Gasteiger partial charge in [0.25, 0.3) is 5.91 Å². The number of carbonyl (C=O) groups excluding carboxylic acids is 1. The molecule has 3 aromatic carbocycles. The van der Waals surface area contributed by atoms with Crippen molar-refractivity contribution in [3.63, 3.8) is 0 Å². The Hall–Kier alpha value is -2.99. The van der Waals surface area contributed by atoms with Crippen LogP contribution in [0.2, 0.25) is 0 Å². The molecule has 0 atom stereocenters. The van der Waals surface area contributed by atoms with Crippen LogP contribution in [0.5, 0.6) is 0 Å². The normalized spacial score (nSPS) is 10.8. The molecule has 0 spiro atoms. The Morgan fingerprint density at radius 3 is 2.58 bits per heavy atom. The quantitative estimate of drug-likeness (QED) is 0.506. The number of nitrogens with zero attached hydrogens (tertiary/aromatic N) is 2. The second-order valence-electron chi connectivity index (χ2n) is 5.73. The van der Waals surface area contributed by atoms with E-state index in [-0.39, 0.29) is 5.91 Å². The fourth-order valence-corrected chi connectivity index (χ4v) is 3.27. The molecule has 26 heavy (non-hydrogen) atoms. The van der Waals surface area contributed by atoms with Gasteiger partial charge in [0, 0.05) is 15.8 Å². The Balaban J connectivity index is 1.57. The lowest BCUT2D eigenvalue weighted by Crippen LogP contribution is -2.12. The van der Waals surface area contributed by atoms with Crippen molar-refractivity contribution < 1.29 is 9.18 Å². The third-order valence-electron chi connectivity index (χ3n) is 4.03. The molecule has 128 valence electrons. The zero-order valence-corrected chi connectivity index (χ0v) is 15.1. The Bertz CT molecular complexity index is 1110. The Labute approximate surface area is 157 Å². The van der Waals surface area contributed by atoms with Gasteiger partial charge in [-0.25, -0.2) is 9.37 Å². The minimum absolute atomic E-state index is 0.308. The van der Waals surface area contributed by atoms with Crippen LogP contribution in [-0.4, -0.2) is 15.5 Å². The van der Waals surface area contributed by atoms with Gasteiger partial charge in [-0.15, -0.1) is 0 Å². The summed E-state index contributed by atoms with van der Waals surface area (Å²) in [6.07, 6.45) is 1.77. The molecule has 0 radical (unpaired) electrons. The van der Waals surface area contributed by atoms with E-state index in [1.54, 1.807) is 6.33 Å². The first kappa shape index (κ1) is 16.5. The Morgan fingerprint density at radius 2 is 1.81 bits per heavy atom. The zero-order chi connectivity index (χ0) is 18.1. The molecule has 0 aliphatic rings. The van der Waals surface area contributed by atoms with Crippen molar-refractivity contribution >= 4 is 38.6 Å². The number of amides is 1. The second-order valence-corrected chi connectivity index (χ2v) is 6.58. The lowest BCUT2D eigenvalue weighted by atomic mass is 10.2. The van der Waals surface area contributed by atoms with Crippen LogP contribution in [0.15, 0.2) is 77.5 Å². The van der Waals surface area contributed by atoms with Gasteiger partial charge in [0.1, 0.15) is 12.1 Å². The van der Waals surface area contributed by atoms with E-state index >= 15 is 0 Å². The predicted octanol–water partition coefficient (Wildman–Crippen LogP) is 5.18. The van der Waals surface area contributed by atoms with E-state index in [0.717, 1.165) is 16.7 Å². The number of halogens is 2. The molecular weight excluding hydrogens is 397 g/mol. The van der Waals surface area contributed by atoms with E-state index in [1.165, 1.54) is 18.2 Å². The van der Waals surface area contributed by atoms with Crippen molar-refractivity contribution in [1.29, 1.82) is 0 Å². The molecule has 4 aromatic rings. The van der Waals surface area contributed by atoms with Gasteiger partial charge in [0.2, 0.25) is 0 Å². The van der Waals surface area contributed by atoms with Gasteiger partial charge in [0.05, 0.1) is 16.6 Å². The molecule has 0 unspecified atom stereocenters. The number of rotatable bonds is 3. The van der Waals surface area contributed by atoms with Crippen LogP contribution >= 0.6 is 15.9 Å². The second kappa shape index (κ2) is 6.72. The van der Waals surface area contributed by atoms with Crippen LogP contribution in [0.25, 0.3) is 16.7 Å². The molecule has 0 bridgehead atoms. The van der Waals surface area contributed by atoms with Gasteiger partial charge < -0.3 is 5.32 Å². The molecule has 0 saturated heterocycles. The number of carbonyl (C=O) groups is 1. The molecule has 0 aliphatic carbocycles. The summed E-state index contributed by atoms with van der Waals surface area (Å²) in [5, 5.41) is 2.81. The van der Waals surface area contributed by atoms with Crippen LogP contribution in [0.1, 0.15) is 10.4 Å². The SMILES string of the molecule is O=C(Nc1ccc(-n2cnc3ccccc32)cc1)c1ccc(F)cc1Br. The van der Waals surface area contributed by atoms with Gasteiger partial charge >= 0.3 is 0 Å². The van der Waals surface area contributed by atoms with Crippen LogP contribution in [0.4, 0.5) is 10.1 Å². The highest BCUT2D eigenvalue weighted by Crippen LogP contribution is 2.22. The summed E-state index contributed by atoms with van der Waals surface area (Å²) in [7, 11) is 0. The van der Waals surface area contributed by atoms with Crippen molar-refractivity contribution in [2.75, 3.05) is 5.32 Å². The molecule has 0 saturated carbocycles. The highest BCUT2D eigenvalue weighted by molar-refractivity contribution is 9.10. The smallest absolute Gasteiger partial charge is 0.256 e. The van der Waals surface area contributed by atoms with Gasteiger partial charge in [-0.3, -0.25) is 9.36 Å². The number of fused-ring (bicyclic) bond motifs is 1. The van der Waals surface area contributed by atoms with Crippen LogP contribution < -0.4 is 5.32 Å². The van der Waals surface area contributed by atoms with Gasteiger partial charge in [-0.05, 0) is 70.5 Å². The molecule has 1 amide bonds. The molecule has 1 aromatic heterocycles. The van der Waals surface area contributed by atoms with Crippen molar-refractivity contribution in [3.05, 3.63) is 88.9 Å². The van der Waals surface area contributed by atoms with Gasteiger partial charge in [0.15, 0.2) is 0 Å². The van der Waals surface area contributed by atoms with Crippen LogP contribution in [-0.2, 0) is 0 Å². The summed E-state index contributed by atoms with van der Waals surface area (Å²) >= 11 is 3.21. The molecular formula is C20H13BrFN3O. The lowest BCUT2D eigenvalue weighted by Gasteiger charge is -2.09. The number of aromatic nitrogens is 2. The average Bonchev–Trinajstić information content (AvgIpc) is 3.06. The molecule has 0 aliphatic heterocycles. The molecule has 1 heterocycles. The topological polar surface area (TPSA) is 46.9 Å². The fourth-order valence-electron chi connectivity index (χ4n) is 2.74. The minimum atomic E-state index is -0.398. The maximum atomic E-state index is 13.2. The predicted molar refractivity (Wildman–Crippen MR) is 103 cm³/mol. The molecule has 4 rings (SSSR count). The Kier molecular flexibility index (Phi) is 4.26. The monoisotopic (exact) mass is 409 g/mol. The summed E-state index contributed by atoms with van der Waals surface area (Å²) in [5.74, 6) is -0.706. The highest BCUT2D eigenvalue weighted by Gasteiger charge is 2.11. The number of imidazole rings is 1. The third kappa shape index (κ3) is 3.11. The van der Waals surface area contributed by atoms with Gasteiger partial charge in [-0.1, -0.05) is 12.1 Å². The lowest BCUT2D eigenvalue weighted by molar-refractivity contribution is 0.102. The number of benzene rings is 3. The van der Waals surface area contributed by atoms with E-state index in [1.807, 2.05) is 53.1 Å². The van der Waals surface area contributed by atoms with Gasteiger partial charge in [-0.2, -0.15) is 0 Å². The Morgan fingerprint density at radius 1 is 1.04 bits per heavy atom. The summed E-state index contributed by atoms with van der Waals surface area (Å²) in [6.45, 7) is 0. The van der Waals surface area contributed by atoms with E-state index in [0.29, 0.717) is 15.7 Å². The first-order valence-corrected chi connectivity index (χ1v) is 8.70. The van der Waals surface area contributed by atoms with E-state index < -0.39 is 5.82 Å². The van der Waals surface area contributed by atoms with Crippen molar-refractivity contribution in [2.24, 2.45) is 0 Å². The first-order valence-electron chi connectivity index (χ1n) is 7.91. The number of nitrogens with one attached hydrogen (secondary N) is 1. The van der Waals surface area contributed by atoms with Crippen LogP contribution in [0, 0.1) is 5.82 Å². The number of hydrogen-bond acceptors (Lipinski definition) is 2. The number of para-hydroxylation sites is 2. The minimum Gasteiger partial charge on any atom is -0.322 e. The van der Waals surface area contributed by atoms with Crippen molar-refractivity contribution in [3.8, 4) is 5.69 Å². The van der Waals surface area contributed by atoms with Crippen LogP contribution in [0.3, 0.4) is 0 Å². The fraction of sp³-hybridized carbons (Fsp3) is 0. The third-order valence-corrected chi connectivity index (χ3v) is 4.69. The summed E-state index contributed by atoms with van der Waals surface area (Å²) in [6, 6.07) is 19.3. The van der Waals surface area contributed by atoms with E-state index in [2.05, 4.69) is 26.2 Å². The first-order chi connectivity index (χ1) is 12.6. The standard InChI is InChI=1S/C20H13BrFN3O/c21-17-11-13(22)5-10-16(17)20(26)24-14-6-8-15(9-7-14)25-12-23-18-3-1-2-4-19(18)25/h1-12H,(H,24,26). The number of anilines is 1.